The molecule has 35 heavy (non-hydrogen) atoms. The molecule has 1 heterocycles. The molecule has 1 aliphatic rings. The lowest BCUT2D eigenvalue weighted by Crippen LogP contribution is -2.51. The second kappa shape index (κ2) is 10.7. The van der Waals surface area contributed by atoms with Crippen molar-refractivity contribution in [3.05, 3.63) is 77.9 Å². The maximum absolute atomic E-state index is 13.5. The third kappa shape index (κ3) is 5.90. The van der Waals surface area contributed by atoms with Gasteiger partial charge >= 0.3 is 6.03 Å². The first-order valence-electron chi connectivity index (χ1n) is 11.5. The summed E-state index contributed by atoms with van der Waals surface area (Å²) in [5.41, 5.74) is 6.80. The van der Waals surface area contributed by atoms with Gasteiger partial charge in [-0.05, 0) is 47.4 Å². The van der Waals surface area contributed by atoms with E-state index in [0.717, 1.165) is 41.5 Å². The molecule has 10 heteroatoms. The van der Waals surface area contributed by atoms with Gasteiger partial charge in [0.15, 0.2) is 5.84 Å². The van der Waals surface area contributed by atoms with E-state index >= 15 is 0 Å². The molecule has 1 fully saturated rings. The van der Waals surface area contributed by atoms with Crippen molar-refractivity contribution in [2.24, 2.45) is 10.9 Å². The number of hydrazine groups is 1. The Labute approximate surface area is 204 Å². The van der Waals surface area contributed by atoms with Crippen LogP contribution in [0.25, 0.3) is 10.8 Å². The van der Waals surface area contributed by atoms with E-state index in [-0.39, 0.29) is 17.3 Å². The van der Waals surface area contributed by atoms with Crippen LogP contribution in [0.4, 0.5) is 4.79 Å². The van der Waals surface area contributed by atoms with Gasteiger partial charge in [0.05, 0.1) is 11.4 Å². The standard InChI is InChI=1S/C25H29N5O4S/c26-24(27-32)22-11-7-8-19(16-22)18-30(25(31)29-14-5-1-2-6-15-29)28-35(33,34)23-13-12-20-9-3-4-10-21(20)17-23/h3-4,7-13,16-17,28,32H,1-2,5-6,14-15,18H2,(H2,26,27). The highest BCUT2D eigenvalue weighted by atomic mass is 32.2. The number of likely N-dealkylation sites (tertiary alicyclic amines) is 1. The number of nitrogens with zero attached hydrogens (tertiary/aromatic N) is 3. The number of carbonyl (C=O) groups is 1. The van der Waals surface area contributed by atoms with Crippen molar-refractivity contribution in [2.75, 3.05) is 13.1 Å². The molecule has 0 radical (unpaired) electrons. The molecule has 0 atom stereocenters. The Morgan fingerprint density at radius 2 is 1.69 bits per heavy atom. The average Bonchev–Trinajstić information content (AvgIpc) is 3.17. The molecular weight excluding hydrogens is 466 g/mol. The van der Waals surface area contributed by atoms with Crippen molar-refractivity contribution in [2.45, 2.75) is 37.1 Å². The molecular formula is C25H29N5O4S. The van der Waals surface area contributed by atoms with E-state index in [1.807, 2.05) is 24.3 Å². The molecule has 1 aliphatic heterocycles. The van der Waals surface area contributed by atoms with Crippen molar-refractivity contribution < 1.29 is 18.4 Å². The number of amides is 2. The van der Waals surface area contributed by atoms with Crippen LogP contribution >= 0.6 is 0 Å². The molecule has 4 rings (SSSR count). The van der Waals surface area contributed by atoms with Gasteiger partial charge in [-0.25, -0.2) is 18.2 Å². The maximum atomic E-state index is 13.5. The molecule has 1 saturated heterocycles. The summed E-state index contributed by atoms with van der Waals surface area (Å²) in [7, 11) is -4.05. The van der Waals surface area contributed by atoms with Gasteiger partial charge in [0.25, 0.3) is 10.0 Å². The minimum atomic E-state index is -4.05. The number of hydrogen-bond acceptors (Lipinski definition) is 5. The largest absolute Gasteiger partial charge is 0.409 e. The van der Waals surface area contributed by atoms with Crippen LogP contribution in [0.2, 0.25) is 0 Å². The lowest BCUT2D eigenvalue weighted by atomic mass is 10.1. The van der Waals surface area contributed by atoms with E-state index in [2.05, 4.69) is 9.99 Å². The summed E-state index contributed by atoms with van der Waals surface area (Å²) < 4.78 is 26.7. The molecule has 4 N–H and O–H groups in total. The van der Waals surface area contributed by atoms with Gasteiger partial charge in [0.1, 0.15) is 0 Å². The minimum absolute atomic E-state index is 0.0330. The van der Waals surface area contributed by atoms with Crippen molar-refractivity contribution >= 4 is 32.7 Å². The van der Waals surface area contributed by atoms with Crippen LogP contribution in [0.1, 0.15) is 36.8 Å². The summed E-state index contributed by atoms with van der Waals surface area (Å²) >= 11 is 0. The van der Waals surface area contributed by atoms with E-state index in [0.29, 0.717) is 24.2 Å². The first-order chi connectivity index (χ1) is 16.9. The molecule has 0 spiro atoms. The van der Waals surface area contributed by atoms with Crippen molar-refractivity contribution in [3.8, 4) is 0 Å². The second-order valence-corrected chi connectivity index (χ2v) is 10.2. The number of urea groups is 1. The third-order valence-electron chi connectivity index (χ3n) is 6.04. The van der Waals surface area contributed by atoms with Crippen molar-refractivity contribution in [1.82, 2.24) is 14.7 Å². The van der Waals surface area contributed by atoms with Gasteiger partial charge in [-0.2, -0.15) is 0 Å². The summed E-state index contributed by atoms with van der Waals surface area (Å²) in [6.45, 7) is 1.10. The Bertz CT molecular complexity index is 1330. The lowest BCUT2D eigenvalue weighted by Gasteiger charge is -2.30. The number of carbonyl (C=O) groups excluding carboxylic acids is 1. The number of amidine groups is 1. The summed E-state index contributed by atoms with van der Waals surface area (Å²) in [4.78, 5) is 17.7. The zero-order chi connectivity index (χ0) is 24.8. The van der Waals surface area contributed by atoms with Crippen LogP contribution in [0.15, 0.2) is 76.8 Å². The molecule has 0 saturated carbocycles. The fourth-order valence-corrected chi connectivity index (χ4v) is 5.24. The molecule has 0 unspecified atom stereocenters. The lowest BCUT2D eigenvalue weighted by molar-refractivity contribution is 0.142. The highest BCUT2D eigenvalue weighted by Gasteiger charge is 2.27. The zero-order valence-corrected chi connectivity index (χ0v) is 20.1. The van der Waals surface area contributed by atoms with Crippen LogP contribution in [0.5, 0.6) is 0 Å². The predicted molar refractivity (Wildman–Crippen MR) is 134 cm³/mol. The molecule has 0 aromatic heterocycles. The van der Waals surface area contributed by atoms with Crippen LogP contribution in [-0.4, -0.2) is 48.5 Å². The molecule has 184 valence electrons. The normalized spacial score (nSPS) is 15.1. The Hall–Kier alpha value is -3.63. The number of nitrogens with two attached hydrogens (primary N) is 1. The van der Waals surface area contributed by atoms with Gasteiger partial charge in [-0.1, -0.05) is 66.5 Å². The number of hydrogen-bond donors (Lipinski definition) is 3. The SMILES string of the molecule is N/C(=N\O)c1cccc(CN(NS(=O)(=O)c2ccc3ccccc3c2)C(=O)N2CCCCCC2)c1. The second-order valence-electron chi connectivity index (χ2n) is 8.56. The Balaban J connectivity index is 1.65. The minimum Gasteiger partial charge on any atom is -0.409 e. The quantitative estimate of drug-likeness (QED) is 0.208. The smallest absolute Gasteiger partial charge is 0.335 e. The summed E-state index contributed by atoms with van der Waals surface area (Å²) in [5, 5.41) is 14.8. The maximum Gasteiger partial charge on any atom is 0.335 e. The molecule has 3 aromatic carbocycles. The van der Waals surface area contributed by atoms with E-state index in [9.17, 15) is 13.2 Å². The third-order valence-corrected chi connectivity index (χ3v) is 7.38. The molecule has 2 amide bonds. The van der Waals surface area contributed by atoms with Crippen LogP contribution in [-0.2, 0) is 16.6 Å². The molecule has 0 bridgehead atoms. The Morgan fingerprint density at radius 3 is 2.40 bits per heavy atom. The molecule has 9 nitrogen and oxygen atoms in total. The number of oxime groups is 1. The first kappa shape index (κ1) is 24.5. The van der Waals surface area contributed by atoms with Crippen LogP contribution in [0.3, 0.4) is 0 Å². The van der Waals surface area contributed by atoms with Crippen LogP contribution < -0.4 is 10.6 Å². The van der Waals surface area contributed by atoms with Crippen LogP contribution in [0, 0.1) is 0 Å². The van der Waals surface area contributed by atoms with Gasteiger partial charge in [-0.3, -0.25) is 0 Å². The molecule has 3 aromatic rings. The predicted octanol–water partition coefficient (Wildman–Crippen LogP) is 3.63. The van der Waals surface area contributed by atoms with Crippen molar-refractivity contribution in [3.63, 3.8) is 0 Å². The van der Waals surface area contributed by atoms with Crippen molar-refractivity contribution in [1.29, 1.82) is 0 Å². The molecule has 0 aliphatic carbocycles. The summed E-state index contributed by atoms with van der Waals surface area (Å²) in [6.07, 6.45) is 3.81. The fraction of sp³-hybridized carbons (Fsp3) is 0.280. The average molecular weight is 496 g/mol. The fourth-order valence-electron chi connectivity index (χ4n) is 4.17. The first-order valence-corrected chi connectivity index (χ1v) is 13.0. The van der Waals surface area contributed by atoms with Gasteiger partial charge in [0.2, 0.25) is 0 Å². The van der Waals surface area contributed by atoms with Gasteiger partial charge < -0.3 is 15.8 Å². The van der Waals surface area contributed by atoms with Gasteiger partial charge in [0, 0.05) is 18.7 Å². The number of sulfonamides is 1. The zero-order valence-electron chi connectivity index (χ0n) is 19.3. The van der Waals surface area contributed by atoms with Gasteiger partial charge in [-0.15, -0.1) is 4.83 Å². The summed E-state index contributed by atoms with van der Waals surface area (Å²) in [6, 6.07) is 18.7. The van der Waals surface area contributed by atoms with E-state index in [1.165, 1.54) is 6.07 Å². The highest BCUT2D eigenvalue weighted by molar-refractivity contribution is 7.89. The van der Waals surface area contributed by atoms with E-state index in [1.54, 1.807) is 41.3 Å². The number of nitrogens with one attached hydrogen (secondary N) is 1. The number of benzene rings is 3. The highest BCUT2D eigenvalue weighted by Crippen LogP contribution is 2.20. The monoisotopic (exact) mass is 495 g/mol. The number of fused-ring (bicyclic) bond motifs is 1. The van der Waals surface area contributed by atoms with E-state index in [4.69, 9.17) is 10.9 Å². The Kier molecular flexibility index (Phi) is 7.52. The number of rotatable bonds is 6. The van der Waals surface area contributed by atoms with E-state index < -0.39 is 16.1 Å². The summed E-state index contributed by atoms with van der Waals surface area (Å²) in [5.74, 6) is -0.0750. The Morgan fingerprint density at radius 1 is 0.971 bits per heavy atom. The topological polar surface area (TPSA) is 128 Å².